The predicted octanol–water partition coefficient (Wildman–Crippen LogP) is 3.07. The minimum Gasteiger partial charge on any atom is -0.374 e. The van der Waals surface area contributed by atoms with E-state index >= 15 is 0 Å². The number of benzene rings is 1. The lowest BCUT2D eigenvalue weighted by atomic mass is 10.2. The zero-order valence-corrected chi connectivity index (χ0v) is 11.7. The van der Waals surface area contributed by atoms with E-state index in [1.165, 1.54) is 6.07 Å². The van der Waals surface area contributed by atoms with Crippen LogP contribution in [0, 0.1) is 17.0 Å². The summed E-state index contributed by atoms with van der Waals surface area (Å²) in [6.45, 7) is 2.23. The molecule has 0 bridgehead atoms. The van der Waals surface area contributed by atoms with Gasteiger partial charge in [-0.2, -0.15) is 0 Å². The van der Waals surface area contributed by atoms with Crippen molar-refractivity contribution in [3.8, 4) is 0 Å². The van der Waals surface area contributed by atoms with Crippen LogP contribution in [0.1, 0.15) is 11.4 Å². The van der Waals surface area contributed by atoms with E-state index in [-0.39, 0.29) is 5.69 Å². The lowest BCUT2D eigenvalue weighted by Gasteiger charge is -2.07. The topological polar surface area (TPSA) is 81.0 Å². The molecule has 6 nitrogen and oxygen atoms in total. The molecule has 0 unspecified atom stereocenters. The normalized spacial score (nSPS) is 10.2. The predicted molar refractivity (Wildman–Crippen MR) is 74.9 cm³/mol. The lowest BCUT2D eigenvalue weighted by molar-refractivity contribution is -0.384. The van der Waals surface area contributed by atoms with Gasteiger partial charge in [0.1, 0.15) is 5.69 Å². The van der Waals surface area contributed by atoms with Crippen molar-refractivity contribution in [1.29, 1.82) is 0 Å². The molecule has 0 aliphatic carbocycles. The van der Waals surface area contributed by atoms with Gasteiger partial charge in [0.2, 0.25) is 0 Å². The number of halogens is 1. The molecule has 0 fully saturated rings. The fourth-order valence-electron chi connectivity index (χ4n) is 1.51. The van der Waals surface area contributed by atoms with Crippen LogP contribution in [-0.2, 0) is 6.54 Å². The van der Waals surface area contributed by atoms with Crippen molar-refractivity contribution in [2.45, 2.75) is 13.5 Å². The summed E-state index contributed by atoms with van der Waals surface area (Å²) in [5.74, 6) is 0. The standard InChI is InChI=1S/C12H11BrN4O2/c1-8-5-15-10(6-14-8)7-16-11-4-9(13)2-3-12(11)17(18)19/h2-6,16H,7H2,1H3. The number of anilines is 1. The number of nitro groups is 1. The summed E-state index contributed by atoms with van der Waals surface area (Å²) in [4.78, 5) is 18.8. The largest absolute Gasteiger partial charge is 0.374 e. The van der Waals surface area contributed by atoms with Gasteiger partial charge in [-0.25, -0.2) is 0 Å². The number of nitrogens with one attached hydrogen (secondary N) is 1. The summed E-state index contributed by atoms with van der Waals surface area (Å²) in [6.07, 6.45) is 3.30. The van der Waals surface area contributed by atoms with Crippen LogP contribution in [0.2, 0.25) is 0 Å². The van der Waals surface area contributed by atoms with Gasteiger partial charge in [0.15, 0.2) is 0 Å². The Balaban J connectivity index is 2.16. The Hall–Kier alpha value is -2.02. The van der Waals surface area contributed by atoms with E-state index < -0.39 is 4.92 Å². The second-order valence-electron chi connectivity index (χ2n) is 3.92. The highest BCUT2D eigenvalue weighted by molar-refractivity contribution is 9.10. The molecule has 0 radical (unpaired) electrons. The first-order valence-corrected chi connectivity index (χ1v) is 6.31. The van der Waals surface area contributed by atoms with Crippen molar-refractivity contribution in [3.63, 3.8) is 0 Å². The number of aromatic nitrogens is 2. The third-order valence-corrected chi connectivity index (χ3v) is 2.94. The maximum absolute atomic E-state index is 10.9. The van der Waals surface area contributed by atoms with Crippen LogP contribution in [-0.4, -0.2) is 14.9 Å². The average molecular weight is 323 g/mol. The fraction of sp³-hybridized carbons (Fsp3) is 0.167. The molecule has 0 aliphatic heterocycles. The van der Waals surface area contributed by atoms with Crippen molar-refractivity contribution in [2.24, 2.45) is 0 Å². The van der Waals surface area contributed by atoms with Gasteiger partial charge >= 0.3 is 0 Å². The van der Waals surface area contributed by atoms with Gasteiger partial charge in [0.05, 0.1) is 29.1 Å². The zero-order chi connectivity index (χ0) is 13.8. The number of aryl methyl sites for hydroxylation is 1. The van der Waals surface area contributed by atoms with Crippen molar-refractivity contribution in [2.75, 3.05) is 5.32 Å². The highest BCUT2D eigenvalue weighted by atomic mass is 79.9. The average Bonchev–Trinajstić information content (AvgIpc) is 2.38. The van der Waals surface area contributed by atoms with Gasteiger partial charge < -0.3 is 5.32 Å². The van der Waals surface area contributed by atoms with E-state index in [0.29, 0.717) is 12.2 Å². The van der Waals surface area contributed by atoms with Gasteiger partial charge in [-0.3, -0.25) is 20.1 Å². The van der Waals surface area contributed by atoms with E-state index in [2.05, 4.69) is 31.2 Å². The molecule has 0 atom stereocenters. The Kier molecular flexibility index (Phi) is 4.06. The summed E-state index contributed by atoms with van der Waals surface area (Å²) >= 11 is 3.29. The first-order valence-electron chi connectivity index (χ1n) is 5.51. The highest BCUT2D eigenvalue weighted by Gasteiger charge is 2.13. The van der Waals surface area contributed by atoms with E-state index in [9.17, 15) is 10.1 Å². The first kappa shape index (κ1) is 13.4. The smallest absolute Gasteiger partial charge is 0.292 e. The van der Waals surface area contributed by atoms with Crippen LogP contribution < -0.4 is 5.32 Å². The first-order chi connectivity index (χ1) is 9.06. The third kappa shape index (κ3) is 3.47. The number of hydrogen-bond donors (Lipinski definition) is 1. The number of rotatable bonds is 4. The third-order valence-electron chi connectivity index (χ3n) is 2.45. The maximum atomic E-state index is 10.9. The molecular weight excluding hydrogens is 312 g/mol. The van der Waals surface area contributed by atoms with Gasteiger partial charge in [-0.05, 0) is 19.1 Å². The van der Waals surface area contributed by atoms with E-state index in [4.69, 9.17) is 0 Å². The molecule has 19 heavy (non-hydrogen) atoms. The molecule has 0 amide bonds. The SMILES string of the molecule is Cc1cnc(CNc2cc(Br)ccc2[N+](=O)[O-])cn1. The fourth-order valence-corrected chi connectivity index (χ4v) is 1.87. The summed E-state index contributed by atoms with van der Waals surface area (Å²) in [7, 11) is 0. The second kappa shape index (κ2) is 5.75. The Morgan fingerprint density at radius 3 is 2.79 bits per heavy atom. The summed E-state index contributed by atoms with van der Waals surface area (Å²) in [5.41, 5.74) is 2.03. The summed E-state index contributed by atoms with van der Waals surface area (Å²) in [6, 6.07) is 4.75. The van der Waals surface area contributed by atoms with E-state index in [1.807, 2.05) is 6.92 Å². The summed E-state index contributed by atoms with van der Waals surface area (Å²) < 4.78 is 0.774. The van der Waals surface area contributed by atoms with Gasteiger partial charge in [-0.1, -0.05) is 15.9 Å². The molecule has 2 aromatic rings. The molecule has 1 aromatic heterocycles. The maximum Gasteiger partial charge on any atom is 0.292 e. The van der Waals surface area contributed by atoms with Gasteiger partial charge in [-0.15, -0.1) is 0 Å². The monoisotopic (exact) mass is 322 g/mol. The molecular formula is C12H11BrN4O2. The zero-order valence-electron chi connectivity index (χ0n) is 10.1. The molecule has 0 saturated carbocycles. The van der Waals surface area contributed by atoms with Crippen LogP contribution in [0.3, 0.4) is 0 Å². The second-order valence-corrected chi connectivity index (χ2v) is 4.84. The van der Waals surface area contributed by atoms with Crippen molar-refractivity contribution in [3.05, 3.63) is 56.6 Å². The molecule has 1 heterocycles. The highest BCUT2D eigenvalue weighted by Crippen LogP contribution is 2.28. The van der Waals surface area contributed by atoms with Crippen LogP contribution in [0.15, 0.2) is 35.1 Å². The minimum atomic E-state index is -0.421. The van der Waals surface area contributed by atoms with Gasteiger partial charge in [0.25, 0.3) is 5.69 Å². The van der Waals surface area contributed by atoms with Crippen LogP contribution in [0.25, 0.3) is 0 Å². The molecule has 98 valence electrons. The molecule has 2 rings (SSSR count). The molecule has 1 aromatic carbocycles. The Bertz CT molecular complexity index is 601. The lowest BCUT2D eigenvalue weighted by Crippen LogP contribution is -2.04. The number of hydrogen-bond acceptors (Lipinski definition) is 5. The van der Waals surface area contributed by atoms with E-state index in [1.54, 1.807) is 24.5 Å². The van der Waals surface area contributed by atoms with E-state index in [0.717, 1.165) is 15.9 Å². The molecule has 7 heteroatoms. The van der Waals surface area contributed by atoms with Crippen LogP contribution in [0.5, 0.6) is 0 Å². The minimum absolute atomic E-state index is 0.0308. The number of nitrogens with zero attached hydrogens (tertiary/aromatic N) is 3. The van der Waals surface area contributed by atoms with Crippen LogP contribution in [0.4, 0.5) is 11.4 Å². The molecule has 1 N–H and O–H groups in total. The molecule has 0 saturated heterocycles. The van der Waals surface area contributed by atoms with Crippen molar-refractivity contribution < 1.29 is 4.92 Å². The van der Waals surface area contributed by atoms with Crippen molar-refractivity contribution in [1.82, 2.24) is 9.97 Å². The van der Waals surface area contributed by atoms with Gasteiger partial charge in [0, 0.05) is 16.7 Å². The molecule has 0 aliphatic rings. The Morgan fingerprint density at radius 1 is 1.37 bits per heavy atom. The number of nitro benzene ring substituents is 1. The van der Waals surface area contributed by atoms with Crippen molar-refractivity contribution >= 4 is 27.3 Å². The summed E-state index contributed by atoms with van der Waals surface area (Å²) in [5, 5.41) is 13.9. The molecule has 0 spiro atoms. The van der Waals surface area contributed by atoms with Crippen LogP contribution >= 0.6 is 15.9 Å². The Morgan fingerprint density at radius 2 is 2.16 bits per heavy atom. The quantitative estimate of drug-likeness (QED) is 0.691. The Labute approximate surface area is 118 Å².